The number of aryl methyl sites for hydroxylation is 2. The Hall–Kier alpha value is -1.80. The molecule has 2 aromatic rings. The topological polar surface area (TPSA) is 81.0 Å². The van der Waals surface area contributed by atoms with E-state index in [1.807, 2.05) is 0 Å². The lowest BCUT2D eigenvalue weighted by Gasteiger charge is -2.40. The van der Waals surface area contributed by atoms with Crippen LogP contribution < -0.4 is 0 Å². The number of sulfonamides is 1. The SMILES string of the molecule is CCc1nnc2n1CCC1(CC2)CCN(S(=O)(=O)c2cccnc2)CC1. The molecule has 0 aliphatic carbocycles. The van der Waals surface area contributed by atoms with Crippen molar-refractivity contribution in [2.75, 3.05) is 13.1 Å². The fourth-order valence-corrected chi connectivity index (χ4v) is 5.68. The fraction of sp³-hybridized carbons (Fsp3) is 0.611. The van der Waals surface area contributed by atoms with Crippen LogP contribution in [-0.2, 0) is 29.4 Å². The summed E-state index contributed by atoms with van der Waals surface area (Å²) in [5.41, 5.74) is 0.215. The standard InChI is InChI=1S/C18H25N5O2S/c1-2-16-20-21-17-5-6-18(9-13-23(16)17)7-11-22(12-8-18)26(24,25)15-4-3-10-19-14-15/h3-4,10,14H,2,5-9,11-13H2,1H3. The molecule has 0 radical (unpaired) electrons. The zero-order valence-electron chi connectivity index (χ0n) is 15.1. The molecule has 7 nitrogen and oxygen atoms in total. The van der Waals surface area contributed by atoms with Gasteiger partial charge in [-0.2, -0.15) is 4.31 Å². The summed E-state index contributed by atoms with van der Waals surface area (Å²) in [7, 11) is -3.44. The molecule has 8 heteroatoms. The van der Waals surface area contributed by atoms with Crippen molar-refractivity contribution in [3.05, 3.63) is 36.2 Å². The van der Waals surface area contributed by atoms with E-state index < -0.39 is 10.0 Å². The van der Waals surface area contributed by atoms with E-state index in [4.69, 9.17) is 0 Å². The number of hydrogen-bond donors (Lipinski definition) is 0. The normalized spacial score (nSPS) is 20.7. The first-order valence-electron chi connectivity index (χ1n) is 9.35. The minimum Gasteiger partial charge on any atom is -0.315 e. The average molecular weight is 375 g/mol. The minimum absolute atomic E-state index is 0.215. The Morgan fingerprint density at radius 1 is 1.12 bits per heavy atom. The smallest absolute Gasteiger partial charge is 0.244 e. The maximum Gasteiger partial charge on any atom is 0.244 e. The summed E-state index contributed by atoms with van der Waals surface area (Å²) >= 11 is 0. The van der Waals surface area contributed by atoms with Gasteiger partial charge < -0.3 is 4.57 Å². The molecule has 4 heterocycles. The third-order valence-corrected chi connectivity index (χ3v) is 7.90. The van der Waals surface area contributed by atoms with E-state index in [2.05, 4.69) is 26.7 Å². The zero-order chi connectivity index (χ0) is 18.2. The highest BCUT2D eigenvalue weighted by atomic mass is 32.2. The first-order valence-corrected chi connectivity index (χ1v) is 10.8. The average Bonchev–Trinajstić information content (AvgIpc) is 3.00. The molecule has 0 N–H and O–H groups in total. The Morgan fingerprint density at radius 2 is 1.88 bits per heavy atom. The van der Waals surface area contributed by atoms with Crippen LogP contribution in [0.25, 0.3) is 0 Å². The van der Waals surface area contributed by atoms with Gasteiger partial charge in [-0.05, 0) is 43.2 Å². The monoisotopic (exact) mass is 375 g/mol. The zero-order valence-corrected chi connectivity index (χ0v) is 16.0. The van der Waals surface area contributed by atoms with E-state index in [0.717, 1.165) is 56.7 Å². The van der Waals surface area contributed by atoms with Gasteiger partial charge in [-0.25, -0.2) is 8.42 Å². The van der Waals surface area contributed by atoms with Crippen LogP contribution in [0.3, 0.4) is 0 Å². The predicted molar refractivity (Wildman–Crippen MR) is 97.0 cm³/mol. The third kappa shape index (κ3) is 3.05. The molecule has 2 aromatic heterocycles. The predicted octanol–water partition coefficient (Wildman–Crippen LogP) is 2.04. The molecule has 0 bridgehead atoms. The molecule has 2 aliphatic rings. The van der Waals surface area contributed by atoms with Gasteiger partial charge in [0, 0.05) is 44.9 Å². The van der Waals surface area contributed by atoms with E-state index in [0.29, 0.717) is 13.1 Å². The Kier molecular flexibility index (Phi) is 4.56. The molecule has 0 saturated carbocycles. The van der Waals surface area contributed by atoms with Crippen LogP contribution >= 0.6 is 0 Å². The van der Waals surface area contributed by atoms with Crippen molar-refractivity contribution in [1.82, 2.24) is 24.1 Å². The molecule has 1 spiro atoms. The molecular formula is C18H25N5O2S. The Balaban J connectivity index is 1.46. The highest BCUT2D eigenvalue weighted by Gasteiger charge is 2.39. The molecule has 0 atom stereocenters. The number of rotatable bonds is 3. The summed E-state index contributed by atoms with van der Waals surface area (Å²) in [5, 5.41) is 8.65. The van der Waals surface area contributed by atoms with Gasteiger partial charge in [0.15, 0.2) is 0 Å². The van der Waals surface area contributed by atoms with Crippen LogP contribution in [0.15, 0.2) is 29.4 Å². The Bertz CT molecular complexity index is 870. The first-order chi connectivity index (χ1) is 12.5. The summed E-state index contributed by atoms with van der Waals surface area (Å²) in [6.45, 7) is 4.22. The maximum atomic E-state index is 12.8. The van der Waals surface area contributed by atoms with Crippen molar-refractivity contribution in [2.24, 2.45) is 5.41 Å². The van der Waals surface area contributed by atoms with Gasteiger partial charge in [-0.3, -0.25) is 4.98 Å². The Labute approximate surface area is 154 Å². The second-order valence-electron chi connectivity index (χ2n) is 7.38. The highest BCUT2D eigenvalue weighted by Crippen LogP contribution is 2.42. The molecule has 4 rings (SSSR count). The molecular weight excluding hydrogens is 350 g/mol. The van der Waals surface area contributed by atoms with Crippen LogP contribution in [0, 0.1) is 5.41 Å². The summed E-state index contributed by atoms with van der Waals surface area (Å²) in [6, 6.07) is 3.29. The van der Waals surface area contributed by atoms with E-state index in [9.17, 15) is 8.42 Å². The molecule has 2 aliphatic heterocycles. The van der Waals surface area contributed by atoms with E-state index in [1.165, 1.54) is 6.20 Å². The second-order valence-corrected chi connectivity index (χ2v) is 9.32. The van der Waals surface area contributed by atoms with Gasteiger partial charge in [0.05, 0.1) is 0 Å². The number of fused-ring (bicyclic) bond motifs is 1. The Morgan fingerprint density at radius 3 is 2.58 bits per heavy atom. The van der Waals surface area contributed by atoms with Crippen molar-refractivity contribution < 1.29 is 8.42 Å². The molecule has 0 aromatic carbocycles. The largest absolute Gasteiger partial charge is 0.315 e. The van der Waals surface area contributed by atoms with Crippen LogP contribution in [0.5, 0.6) is 0 Å². The van der Waals surface area contributed by atoms with Crippen molar-refractivity contribution in [1.29, 1.82) is 0 Å². The van der Waals surface area contributed by atoms with E-state index in [1.54, 1.807) is 22.6 Å². The summed E-state index contributed by atoms with van der Waals surface area (Å²) in [4.78, 5) is 4.24. The van der Waals surface area contributed by atoms with E-state index in [-0.39, 0.29) is 10.3 Å². The lowest BCUT2D eigenvalue weighted by Crippen LogP contribution is -2.43. The van der Waals surface area contributed by atoms with Crippen LogP contribution in [0.2, 0.25) is 0 Å². The molecule has 26 heavy (non-hydrogen) atoms. The van der Waals surface area contributed by atoms with Crippen LogP contribution in [-0.4, -0.2) is 45.6 Å². The van der Waals surface area contributed by atoms with Crippen molar-refractivity contribution >= 4 is 10.0 Å². The van der Waals surface area contributed by atoms with Gasteiger partial charge in [0.1, 0.15) is 16.5 Å². The number of piperidine rings is 1. The highest BCUT2D eigenvalue weighted by molar-refractivity contribution is 7.89. The minimum atomic E-state index is -3.44. The van der Waals surface area contributed by atoms with Crippen molar-refractivity contribution in [3.8, 4) is 0 Å². The molecule has 0 unspecified atom stereocenters. The van der Waals surface area contributed by atoms with Gasteiger partial charge in [0.2, 0.25) is 10.0 Å². The quantitative estimate of drug-likeness (QED) is 0.820. The van der Waals surface area contributed by atoms with Gasteiger partial charge >= 0.3 is 0 Å². The fourth-order valence-electron chi connectivity index (χ4n) is 4.28. The van der Waals surface area contributed by atoms with Gasteiger partial charge in [0.25, 0.3) is 0 Å². The summed E-state index contributed by atoms with van der Waals surface area (Å²) < 4.78 is 29.5. The van der Waals surface area contributed by atoms with Gasteiger partial charge in [-0.1, -0.05) is 6.92 Å². The lowest BCUT2D eigenvalue weighted by atomic mass is 9.73. The third-order valence-electron chi connectivity index (χ3n) is 6.02. The van der Waals surface area contributed by atoms with Crippen molar-refractivity contribution in [2.45, 2.75) is 56.9 Å². The van der Waals surface area contributed by atoms with E-state index >= 15 is 0 Å². The van der Waals surface area contributed by atoms with Gasteiger partial charge in [-0.15, -0.1) is 10.2 Å². The molecule has 1 fully saturated rings. The van der Waals surface area contributed by atoms with Crippen LogP contribution in [0.1, 0.15) is 44.3 Å². The second kappa shape index (κ2) is 6.74. The summed E-state index contributed by atoms with van der Waals surface area (Å²) in [5.74, 6) is 2.15. The number of nitrogens with zero attached hydrogens (tertiary/aromatic N) is 5. The molecule has 0 amide bonds. The summed E-state index contributed by atoms with van der Waals surface area (Å²) in [6.07, 6.45) is 8.82. The first kappa shape index (κ1) is 17.6. The van der Waals surface area contributed by atoms with Crippen molar-refractivity contribution in [3.63, 3.8) is 0 Å². The molecule has 140 valence electrons. The number of hydrogen-bond acceptors (Lipinski definition) is 5. The lowest BCUT2D eigenvalue weighted by molar-refractivity contribution is 0.129. The molecule has 1 saturated heterocycles. The number of aromatic nitrogens is 4. The maximum absolute atomic E-state index is 12.8. The number of pyridine rings is 1. The van der Waals surface area contributed by atoms with Crippen LogP contribution in [0.4, 0.5) is 0 Å².